The molecule has 27 heavy (non-hydrogen) atoms. The minimum Gasteiger partial charge on any atom is -0.526 e. The molecule has 0 unspecified atom stereocenters. The van der Waals surface area contributed by atoms with E-state index in [1.165, 1.54) is 12.1 Å². The van der Waals surface area contributed by atoms with Crippen molar-refractivity contribution in [2.75, 3.05) is 0 Å². The molecule has 0 atom stereocenters. The third kappa shape index (κ3) is 3.55. The number of hydrogen-bond donors (Lipinski definition) is 0. The van der Waals surface area contributed by atoms with Gasteiger partial charge in [0, 0.05) is 36.1 Å². The molecule has 0 amide bonds. The molecule has 1 radical (unpaired) electrons. The standard InChI is InChI=1S/C20H20BF2O4/c1-19(2)9-11-5-13(7-15(22)17(11)24-19)26-21-27-14-6-12-10-20(3,4)25-18(12)16(23)8-14/h5-8H,9-10H2,1-4H3. The van der Waals surface area contributed by atoms with E-state index in [1.54, 1.807) is 12.1 Å². The average molecular weight is 373 g/mol. The first-order valence-electron chi connectivity index (χ1n) is 8.80. The van der Waals surface area contributed by atoms with Gasteiger partial charge < -0.3 is 18.8 Å². The minimum atomic E-state index is -0.482. The number of hydrogen-bond acceptors (Lipinski definition) is 4. The third-order valence-corrected chi connectivity index (χ3v) is 4.55. The van der Waals surface area contributed by atoms with Crippen molar-refractivity contribution in [1.29, 1.82) is 0 Å². The van der Waals surface area contributed by atoms with Crippen LogP contribution in [0, 0.1) is 11.6 Å². The Morgan fingerprint density at radius 1 is 0.778 bits per heavy atom. The molecule has 141 valence electrons. The fourth-order valence-corrected chi connectivity index (χ4v) is 3.55. The van der Waals surface area contributed by atoms with Gasteiger partial charge in [-0.3, -0.25) is 0 Å². The normalized spacial score (nSPS) is 18.1. The van der Waals surface area contributed by atoms with Crippen LogP contribution in [-0.4, -0.2) is 18.9 Å². The molecule has 2 aromatic rings. The molecule has 7 heteroatoms. The van der Waals surface area contributed by atoms with Crippen molar-refractivity contribution in [3.63, 3.8) is 0 Å². The van der Waals surface area contributed by atoms with Crippen LogP contribution in [0.2, 0.25) is 0 Å². The van der Waals surface area contributed by atoms with Gasteiger partial charge in [0.15, 0.2) is 23.1 Å². The minimum absolute atomic E-state index is 0.261. The molecule has 0 saturated heterocycles. The molecule has 2 aliphatic rings. The van der Waals surface area contributed by atoms with Crippen LogP contribution in [-0.2, 0) is 12.8 Å². The van der Waals surface area contributed by atoms with Gasteiger partial charge in [0.05, 0.1) is 0 Å². The molecule has 2 aromatic carbocycles. The van der Waals surface area contributed by atoms with Crippen LogP contribution >= 0.6 is 0 Å². The second-order valence-electron chi connectivity index (χ2n) is 8.20. The van der Waals surface area contributed by atoms with Gasteiger partial charge in [-0.25, -0.2) is 8.78 Å². The molecule has 0 N–H and O–H groups in total. The van der Waals surface area contributed by atoms with Crippen LogP contribution in [0.4, 0.5) is 8.78 Å². The van der Waals surface area contributed by atoms with E-state index in [0.29, 0.717) is 24.3 Å². The van der Waals surface area contributed by atoms with Gasteiger partial charge >= 0.3 is 7.69 Å². The van der Waals surface area contributed by atoms with Crippen molar-refractivity contribution in [1.82, 2.24) is 0 Å². The molecule has 0 bridgehead atoms. The second kappa shape index (κ2) is 6.04. The fourth-order valence-electron chi connectivity index (χ4n) is 3.55. The van der Waals surface area contributed by atoms with Crippen molar-refractivity contribution in [3.8, 4) is 23.0 Å². The largest absolute Gasteiger partial charge is 0.658 e. The monoisotopic (exact) mass is 373 g/mol. The molecule has 4 rings (SSSR count). The SMILES string of the molecule is CC1(C)Cc2cc(O[B]Oc3cc(F)c4c(c3)CC(C)(C)O4)cc(F)c2O1. The maximum Gasteiger partial charge on any atom is 0.658 e. The highest BCUT2D eigenvalue weighted by Gasteiger charge is 2.34. The van der Waals surface area contributed by atoms with Crippen LogP contribution < -0.4 is 18.8 Å². The summed E-state index contributed by atoms with van der Waals surface area (Å²) < 4.78 is 50.4. The summed E-state index contributed by atoms with van der Waals surface area (Å²) >= 11 is 0. The predicted octanol–water partition coefficient (Wildman–Crippen LogP) is 4.38. The molecule has 0 spiro atoms. The van der Waals surface area contributed by atoms with Gasteiger partial charge in [0.1, 0.15) is 22.7 Å². The van der Waals surface area contributed by atoms with Crippen molar-refractivity contribution in [2.24, 2.45) is 0 Å². The Labute approximate surface area is 157 Å². The van der Waals surface area contributed by atoms with Crippen molar-refractivity contribution >= 4 is 7.69 Å². The zero-order valence-electron chi connectivity index (χ0n) is 15.7. The first-order chi connectivity index (χ1) is 12.6. The Morgan fingerprint density at radius 2 is 1.19 bits per heavy atom. The Morgan fingerprint density at radius 3 is 1.59 bits per heavy atom. The Bertz CT molecular complexity index is 838. The van der Waals surface area contributed by atoms with Gasteiger partial charge in [-0.15, -0.1) is 0 Å². The van der Waals surface area contributed by atoms with Crippen molar-refractivity contribution in [3.05, 3.63) is 47.0 Å². The van der Waals surface area contributed by atoms with Gasteiger partial charge in [-0.05, 0) is 39.8 Å². The van der Waals surface area contributed by atoms with Crippen LogP contribution in [0.15, 0.2) is 24.3 Å². The van der Waals surface area contributed by atoms with Crippen LogP contribution in [0.3, 0.4) is 0 Å². The zero-order chi connectivity index (χ0) is 19.4. The zero-order valence-corrected chi connectivity index (χ0v) is 15.7. The smallest absolute Gasteiger partial charge is 0.526 e. The maximum atomic E-state index is 14.2. The first kappa shape index (κ1) is 18.0. The van der Waals surface area contributed by atoms with Gasteiger partial charge in [0.2, 0.25) is 0 Å². The third-order valence-electron chi connectivity index (χ3n) is 4.55. The van der Waals surface area contributed by atoms with E-state index >= 15 is 0 Å². The Kier molecular flexibility index (Phi) is 4.02. The molecular weight excluding hydrogens is 353 g/mol. The summed E-state index contributed by atoms with van der Waals surface area (Å²) in [5.74, 6) is 0.138. The first-order valence-corrected chi connectivity index (χ1v) is 8.80. The van der Waals surface area contributed by atoms with Gasteiger partial charge in [-0.1, -0.05) is 0 Å². The molecule has 4 nitrogen and oxygen atoms in total. The fraction of sp³-hybridized carbons (Fsp3) is 0.400. The summed E-state index contributed by atoms with van der Waals surface area (Å²) in [5.41, 5.74) is 0.595. The molecule has 2 aliphatic heterocycles. The highest BCUT2D eigenvalue weighted by Crippen LogP contribution is 2.40. The van der Waals surface area contributed by atoms with E-state index in [4.69, 9.17) is 18.8 Å². The number of benzene rings is 2. The Balaban J connectivity index is 1.43. The van der Waals surface area contributed by atoms with Gasteiger partial charge in [-0.2, -0.15) is 0 Å². The van der Waals surface area contributed by atoms with Crippen molar-refractivity contribution < 1.29 is 27.6 Å². The lowest BCUT2D eigenvalue weighted by Gasteiger charge is -2.16. The molecule has 0 saturated carbocycles. The van der Waals surface area contributed by atoms with E-state index in [0.717, 1.165) is 18.8 Å². The summed E-state index contributed by atoms with van der Waals surface area (Å²) in [6.07, 6.45) is 1.17. The van der Waals surface area contributed by atoms with E-state index in [9.17, 15) is 8.78 Å². The van der Waals surface area contributed by atoms with E-state index in [2.05, 4.69) is 0 Å². The summed E-state index contributed by atoms with van der Waals surface area (Å²) in [5, 5.41) is 0. The summed E-state index contributed by atoms with van der Waals surface area (Å²) in [7, 11) is 1.06. The highest BCUT2D eigenvalue weighted by atomic mass is 19.1. The summed E-state index contributed by atoms with van der Waals surface area (Å²) in [6.45, 7) is 7.59. The summed E-state index contributed by atoms with van der Waals surface area (Å²) in [4.78, 5) is 0. The number of halogens is 2. The molecule has 0 aromatic heterocycles. The van der Waals surface area contributed by atoms with Gasteiger partial charge in [0.25, 0.3) is 0 Å². The summed E-state index contributed by atoms with van der Waals surface area (Å²) in [6, 6.07) is 5.90. The quantitative estimate of drug-likeness (QED) is 0.746. The maximum absolute atomic E-state index is 14.2. The van der Waals surface area contributed by atoms with E-state index in [-0.39, 0.29) is 11.5 Å². The van der Waals surface area contributed by atoms with Crippen LogP contribution in [0.5, 0.6) is 23.0 Å². The lowest BCUT2D eigenvalue weighted by Crippen LogP contribution is -2.24. The van der Waals surface area contributed by atoms with E-state index < -0.39 is 22.8 Å². The number of ether oxygens (including phenoxy) is 2. The lowest BCUT2D eigenvalue weighted by molar-refractivity contribution is 0.132. The van der Waals surface area contributed by atoms with Crippen molar-refractivity contribution in [2.45, 2.75) is 51.7 Å². The van der Waals surface area contributed by atoms with Crippen LogP contribution in [0.25, 0.3) is 0 Å². The number of rotatable bonds is 4. The molecule has 2 heterocycles. The highest BCUT2D eigenvalue weighted by molar-refractivity contribution is 6.20. The average Bonchev–Trinajstić information content (AvgIpc) is 3.02. The molecular formula is C20H20BF2O4. The van der Waals surface area contributed by atoms with E-state index in [1.807, 2.05) is 27.7 Å². The lowest BCUT2D eigenvalue weighted by atomic mass is 10.0. The second-order valence-corrected chi connectivity index (χ2v) is 8.20. The Hall–Kier alpha value is -2.44. The predicted molar refractivity (Wildman–Crippen MR) is 96.6 cm³/mol. The molecule has 0 fully saturated rings. The topological polar surface area (TPSA) is 36.9 Å². The number of fused-ring (bicyclic) bond motifs is 2. The molecule has 0 aliphatic carbocycles. The van der Waals surface area contributed by atoms with Crippen LogP contribution in [0.1, 0.15) is 38.8 Å².